The first-order chi connectivity index (χ1) is 17.5. The van der Waals surface area contributed by atoms with Crippen molar-refractivity contribution in [2.24, 2.45) is 5.10 Å². The smallest absolute Gasteiger partial charge is 0.343 e. The quantitative estimate of drug-likeness (QED) is 0.117. The van der Waals surface area contributed by atoms with Gasteiger partial charge < -0.3 is 24.3 Å². The molecule has 0 heterocycles. The summed E-state index contributed by atoms with van der Waals surface area (Å²) in [7, 11) is 1.61. The Morgan fingerprint density at radius 2 is 1.67 bits per heavy atom. The minimum absolute atomic E-state index is 0.315. The van der Waals surface area contributed by atoms with Gasteiger partial charge in [0, 0.05) is 5.69 Å². The van der Waals surface area contributed by atoms with E-state index in [1.54, 1.807) is 55.8 Å². The molecule has 0 fully saturated rings. The van der Waals surface area contributed by atoms with Gasteiger partial charge in [-0.05, 0) is 97.9 Å². The Morgan fingerprint density at radius 1 is 0.944 bits per heavy atom. The molecule has 9 heteroatoms. The highest BCUT2D eigenvalue weighted by Crippen LogP contribution is 2.29. The Bertz CT molecular complexity index is 1180. The lowest BCUT2D eigenvalue weighted by Gasteiger charge is -2.12. The molecule has 0 aromatic heterocycles. The molecule has 0 saturated heterocycles. The summed E-state index contributed by atoms with van der Waals surface area (Å²) >= 11 is 5.27. The molecular weight excluding hydrogens is 478 g/mol. The minimum atomic E-state index is -0.490. The van der Waals surface area contributed by atoms with Crippen molar-refractivity contribution in [3.63, 3.8) is 0 Å². The Kier molecular flexibility index (Phi) is 10.1. The number of carbonyl (C=O) groups is 1. The third-order valence-corrected chi connectivity index (χ3v) is 4.95. The molecule has 0 unspecified atom stereocenters. The minimum Gasteiger partial charge on any atom is -0.497 e. The van der Waals surface area contributed by atoms with Crippen molar-refractivity contribution < 1.29 is 23.7 Å². The summed E-state index contributed by atoms with van der Waals surface area (Å²) in [5, 5.41) is 7.53. The van der Waals surface area contributed by atoms with Crippen LogP contribution < -0.4 is 29.7 Å². The molecule has 0 radical (unpaired) electrons. The average molecular weight is 508 g/mol. The molecule has 0 bridgehead atoms. The van der Waals surface area contributed by atoms with Crippen LogP contribution in [0.25, 0.3) is 0 Å². The van der Waals surface area contributed by atoms with Gasteiger partial charge >= 0.3 is 5.97 Å². The van der Waals surface area contributed by atoms with Crippen LogP contribution in [0.4, 0.5) is 5.69 Å². The summed E-state index contributed by atoms with van der Waals surface area (Å²) in [4.78, 5) is 12.6. The topological polar surface area (TPSA) is 90.4 Å². The molecule has 0 aliphatic carbocycles. The van der Waals surface area contributed by atoms with Gasteiger partial charge in [-0.2, -0.15) is 5.10 Å². The standard InChI is InChI=1S/C27H29N3O5S/c1-4-16-34-23-11-7-20(8-12-23)26(31)35-24-15-6-19(17-25(24)33-5-2)18-28-30-27(36)29-21-9-13-22(32-3)14-10-21/h6-15,17-18H,4-5,16H2,1-3H3,(H2,29,30,36)/b28-18-. The van der Waals surface area contributed by atoms with E-state index in [2.05, 4.69) is 15.8 Å². The molecule has 0 spiro atoms. The van der Waals surface area contributed by atoms with Crippen LogP contribution in [-0.2, 0) is 0 Å². The van der Waals surface area contributed by atoms with Gasteiger partial charge in [0.15, 0.2) is 16.6 Å². The van der Waals surface area contributed by atoms with E-state index in [0.29, 0.717) is 41.1 Å². The third kappa shape index (κ3) is 7.99. The van der Waals surface area contributed by atoms with E-state index in [0.717, 1.165) is 23.4 Å². The van der Waals surface area contributed by atoms with Crippen molar-refractivity contribution in [3.8, 4) is 23.0 Å². The van der Waals surface area contributed by atoms with Gasteiger partial charge in [0.05, 0.1) is 32.1 Å². The molecule has 0 amide bonds. The normalized spacial score (nSPS) is 10.5. The van der Waals surface area contributed by atoms with E-state index in [4.69, 9.17) is 31.2 Å². The van der Waals surface area contributed by atoms with Crippen molar-refractivity contribution in [2.75, 3.05) is 25.6 Å². The molecular formula is C27H29N3O5S. The van der Waals surface area contributed by atoms with E-state index >= 15 is 0 Å². The van der Waals surface area contributed by atoms with Crippen molar-refractivity contribution in [1.29, 1.82) is 0 Å². The highest BCUT2D eigenvalue weighted by molar-refractivity contribution is 7.80. The molecule has 0 aliphatic heterocycles. The van der Waals surface area contributed by atoms with Crippen LogP contribution in [0.2, 0.25) is 0 Å². The van der Waals surface area contributed by atoms with Crippen LogP contribution >= 0.6 is 12.2 Å². The number of esters is 1. The highest BCUT2D eigenvalue weighted by Gasteiger charge is 2.13. The van der Waals surface area contributed by atoms with Crippen molar-refractivity contribution in [2.45, 2.75) is 20.3 Å². The number of ether oxygens (including phenoxy) is 4. The second-order valence-corrected chi connectivity index (χ2v) is 7.86. The lowest BCUT2D eigenvalue weighted by molar-refractivity contribution is 0.0728. The van der Waals surface area contributed by atoms with Gasteiger partial charge in [0.1, 0.15) is 11.5 Å². The maximum atomic E-state index is 12.6. The first-order valence-electron chi connectivity index (χ1n) is 11.5. The summed E-state index contributed by atoms with van der Waals surface area (Å²) in [6.45, 7) is 4.91. The van der Waals surface area contributed by atoms with E-state index < -0.39 is 5.97 Å². The summed E-state index contributed by atoms with van der Waals surface area (Å²) in [6.07, 6.45) is 2.50. The largest absolute Gasteiger partial charge is 0.497 e. The predicted octanol–water partition coefficient (Wildman–Crippen LogP) is 5.42. The van der Waals surface area contributed by atoms with Crippen LogP contribution in [0.1, 0.15) is 36.2 Å². The molecule has 3 aromatic carbocycles. The Balaban J connectivity index is 1.60. The van der Waals surface area contributed by atoms with E-state index in [-0.39, 0.29) is 0 Å². The summed E-state index contributed by atoms with van der Waals surface area (Å²) in [5.74, 6) is 1.72. The van der Waals surface area contributed by atoms with E-state index in [1.165, 1.54) is 0 Å². The first-order valence-corrected chi connectivity index (χ1v) is 11.9. The average Bonchev–Trinajstić information content (AvgIpc) is 2.89. The van der Waals surface area contributed by atoms with Gasteiger partial charge in [-0.1, -0.05) is 6.92 Å². The number of hydrogen-bond acceptors (Lipinski definition) is 7. The molecule has 8 nitrogen and oxygen atoms in total. The number of nitrogens with one attached hydrogen (secondary N) is 2. The van der Waals surface area contributed by atoms with Crippen LogP contribution in [0.5, 0.6) is 23.0 Å². The molecule has 3 rings (SSSR count). The molecule has 36 heavy (non-hydrogen) atoms. The van der Waals surface area contributed by atoms with Gasteiger partial charge in [0.2, 0.25) is 0 Å². The SMILES string of the molecule is CCCOc1ccc(C(=O)Oc2ccc(/C=N\NC(=S)Nc3ccc(OC)cc3)cc2OCC)cc1. The van der Waals surface area contributed by atoms with Crippen molar-refractivity contribution in [1.82, 2.24) is 5.43 Å². The van der Waals surface area contributed by atoms with Crippen molar-refractivity contribution >= 4 is 35.2 Å². The maximum absolute atomic E-state index is 12.6. The zero-order valence-corrected chi connectivity index (χ0v) is 21.3. The number of nitrogens with zero attached hydrogens (tertiary/aromatic N) is 1. The number of rotatable bonds is 11. The van der Waals surface area contributed by atoms with Crippen LogP contribution in [0.3, 0.4) is 0 Å². The number of carbonyl (C=O) groups excluding carboxylic acids is 1. The van der Waals surface area contributed by atoms with Crippen molar-refractivity contribution in [3.05, 3.63) is 77.9 Å². The highest BCUT2D eigenvalue weighted by atomic mass is 32.1. The Labute approximate surface area is 216 Å². The zero-order chi connectivity index (χ0) is 25.8. The molecule has 0 atom stereocenters. The number of hydrogen-bond donors (Lipinski definition) is 2. The van der Waals surface area contributed by atoms with Crippen LogP contribution in [0, 0.1) is 0 Å². The first kappa shape index (κ1) is 26.5. The Morgan fingerprint density at radius 3 is 2.33 bits per heavy atom. The second kappa shape index (κ2) is 13.7. The summed E-state index contributed by atoms with van der Waals surface area (Å²) in [5.41, 5.74) is 4.71. The number of anilines is 1. The van der Waals surface area contributed by atoms with E-state index in [1.807, 2.05) is 38.1 Å². The Hall–Kier alpha value is -4.11. The lowest BCUT2D eigenvalue weighted by Crippen LogP contribution is -2.23. The van der Waals surface area contributed by atoms with Crippen LogP contribution in [0.15, 0.2) is 71.8 Å². The lowest BCUT2D eigenvalue weighted by atomic mass is 10.2. The maximum Gasteiger partial charge on any atom is 0.343 e. The number of benzene rings is 3. The number of thiocarbonyl (C=S) groups is 1. The van der Waals surface area contributed by atoms with E-state index in [9.17, 15) is 4.79 Å². The summed E-state index contributed by atoms with van der Waals surface area (Å²) in [6, 6.07) is 19.3. The van der Waals surface area contributed by atoms with Gasteiger partial charge in [-0.3, -0.25) is 5.43 Å². The predicted molar refractivity (Wildman–Crippen MR) is 145 cm³/mol. The second-order valence-electron chi connectivity index (χ2n) is 7.45. The zero-order valence-electron chi connectivity index (χ0n) is 20.4. The molecule has 2 N–H and O–H groups in total. The van der Waals surface area contributed by atoms with Gasteiger partial charge in [-0.25, -0.2) is 4.79 Å². The fourth-order valence-corrected chi connectivity index (χ4v) is 3.19. The summed E-state index contributed by atoms with van der Waals surface area (Å²) < 4.78 is 21.9. The monoisotopic (exact) mass is 507 g/mol. The van der Waals surface area contributed by atoms with Crippen LogP contribution in [-0.4, -0.2) is 37.6 Å². The fourth-order valence-electron chi connectivity index (χ4n) is 3.02. The van der Waals surface area contributed by atoms with Gasteiger partial charge in [-0.15, -0.1) is 0 Å². The fraction of sp³-hybridized carbons (Fsp3) is 0.222. The number of methoxy groups -OCH3 is 1. The number of hydrazone groups is 1. The molecule has 0 aliphatic rings. The van der Waals surface area contributed by atoms with Gasteiger partial charge in [0.25, 0.3) is 0 Å². The molecule has 0 saturated carbocycles. The molecule has 3 aromatic rings. The molecule has 188 valence electrons. The third-order valence-electron chi connectivity index (χ3n) is 4.76.